The molecule has 4 nitrogen and oxygen atoms in total. The van der Waals surface area contributed by atoms with Gasteiger partial charge in [-0.25, -0.2) is 0 Å². The lowest BCUT2D eigenvalue weighted by atomic mass is 9.49. The maximum absolute atomic E-state index is 12.5. The summed E-state index contributed by atoms with van der Waals surface area (Å²) in [6.07, 6.45) is 8.31. The normalized spacial score (nSPS) is 32.5. The Morgan fingerprint density at radius 1 is 0.920 bits per heavy atom. The van der Waals surface area contributed by atoms with E-state index in [0.29, 0.717) is 12.0 Å². The van der Waals surface area contributed by atoms with Gasteiger partial charge in [0.1, 0.15) is 0 Å². The number of aryl methyl sites for hydroxylation is 2. The third kappa shape index (κ3) is 3.44. The highest BCUT2D eigenvalue weighted by molar-refractivity contribution is 5.95. The van der Waals surface area contributed by atoms with Crippen molar-refractivity contribution in [3.8, 4) is 0 Å². The molecule has 0 heterocycles. The highest BCUT2D eigenvalue weighted by Gasteiger charge is 2.51. The second kappa shape index (κ2) is 6.15. The molecule has 1 aromatic rings. The first kappa shape index (κ1) is 16.6. The summed E-state index contributed by atoms with van der Waals surface area (Å²) < 4.78 is 0. The summed E-state index contributed by atoms with van der Waals surface area (Å²) in [7, 11) is 0. The second-order valence-corrected chi connectivity index (χ2v) is 8.97. The molecular weight excluding hydrogens is 312 g/mol. The van der Waals surface area contributed by atoms with E-state index in [-0.39, 0.29) is 17.2 Å². The van der Waals surface area contributed by atoms with Crippen LogP contribution in [0.15, 0.2) is 18.2 Å². The van der Waals surface area contributed by atoms with E-state index in [0.717, 1.165) is 28.9 Å². The van der Waals surface area contributed by atoms with E-state index in [2.05, 4.69) is 10.9 Å². The standard InChI is InChI=1S/C21H28N2O2/c1-13-3-14(2)5-18(4-13)20(25)23-22-19(24)12-21-9-15-6-16(10-21)8-17(7-15)11-21/h3-5,15-17H,6-12H2,1-2H3,(H,22,24)(H,23,25). The van der Waals surface area contributed by atoms with Crippen molar-refractivity contribution in [1.29, 1.82) is 0 Å². The summed E-state index contributed by atoms with van der Waals surface area (Å²) in [4.78, 5) is 24.8. The molecule has 0 spiro atoms. The molecule has 0 radical (unpaired) electrons. The Bertz CT molecular complexity index is 654. The Kier molecular flexibility index (Phi) is 4.09. The summed E-state index contributed by atoms with van der Waals surface area (Å²) >= 11 is 0. The average molecular weight is 340 g/mol. The van der Waals surface area contributed by atoms with Crippen LogP contribution < -0.4 is 10.9 Å². The minimum absolute atomic E-state index is 0.0420. The molecule has 0 unspecified atom stereocenters. The quantitative estimate of drug-likeness (QED) is 0.825. The van der Waals surface area contributed by atoms with E-state index in [1.54, 1.807) is 0 Å². The van der Waals surface area contributed by atoms with Gasteiger partial charge in [0.15, 0.2) is 0 Å². The van der Waals surface area contributed by atoms with Crippen LogP contribution in [0.4, 0.5) is 0 Å². The van der Waals surface area contributed by atoms with E-state index >= 15 is 0 Å². The van der Waals surface area contributed by atoms with E-state index in [1.807, 2.05) is 32.0 Å². The van der Waals surface area contributed by atoms with Crippen molar-refractivity contribution >= 4 is 11.8 Å². The van der Waals surface area contributed by atoms with Gasteiger partial charge in [-0.15, -0.1) is 0 Å². The smallest absolute Gasteiger partial charge is 0.269 e. The van der Waals surface area contributed by atoms with Gasteiger partial charge in [0.25, 0.3) is 5.91 Å². The lowest BCUT2D eigenvalue weighted by molar-refractivity contribution is -0.130. The molecule has 2 N–H and O–H groups in total. The van der Waals surface area contributed by atoms with Gasteiger partial charge in [-0.3, -0.25) is 20.4 Å². The molecule has 0 saturated heterocycles. The van der Waals surface area contributed by atoms with Crippen LogP contribution in [0.5, 0.6) is 0 Å². The fraction of sp³-hybridized carbons (Fsp3) is 0.619. The zero-order chi connectivity index (χ0) is 17.6. The largest absolute Gasteiger partial charge is 0.273 e. The average Bonchev–Trinajstić information content (AvgIpc) is 2.49. The van der Waals surface area contributed by atoms with Crippen LogP contribution in [-0.4, -0.2) is 11.8 Å². The molecule has 5 rings (SSSR count). The number of carbonyl (C=O) groups is 2. The molecule has 2 amide bonds. The third-order valence-electron chi connectivity index (χ3n) is 6.50. The highest BCUT2D eigenvalue weighted by atomic mass is 16.2. The lowest BCUT2D eigenvalue weighted by Crippen LogP contribution is -2.50. The van der Waals surface area contributed by atoms with E-state index < -0.39 is 0 Å². The van der Waals surface area contributed by atoms with Gasteiger partial charge in [-0.2, -0.15) is 0 Å². The van der Waals surface area contributed by atoms with Gasteiger partial charge in [-0.05, 0) is 87.7 Å². The van der Waals surface area contributed by atoms with Gasteiger partial charge in [0, 0.05) is 12.0 Å². The molecule has 25 heavy (non-hydrogen) atoms. The number of hydrogen-bond donors (Lipinski definition) is 2. The number of hydrogen-bond acceptors (Lipinski definition) is 2. The van der Waals surface area contributed by atoms with Crippen LogP contribution in [0.25, 0.3) is 0 Å². The number of carbonyl (C=O) groups excluding carboxylic acids is 2. The van der Waals surface area contributed by atoms with Crippen LogP contribution >= 0.6 is 0 Å². The lowest BCUT2D eigenvalue weighted by Gasteiger charge is -2.56. The van der Waals surface area contributed by atoms with Crippen molar-refractivity contribution in [2.45, 2.75) is 58.8 Å². The molecule has 4 fully saturated rings. The van der Waals surface area contributed by atoms with Crippen molar-refractivity contribution in [2.75, 3.05) is 0 Å². The van der Waals surface area contributed by atoms with Crippen LogP contribution in [0, 0.1) is 37.0 Å². The van der Waals surface area contributed by atoms with Crippen molar-refractivity contribution in [1.82, 2.24) is 10.9 Å². The van der Waals surface area contributed by atoms with Gasteiger partial charge < -0.3 is 0 Å². The molecular formula is C21H28N2O2. The first-order chi connectivity index (χ1) is 11.9. The fourth-order valence-corrected chi connectivity index (χ4v) is 6.20. The van der Waals surface area contributed by atoms with Crippen LogP contribution in [0.3, 0.4) is 0 Å². The Morgan fingerprint density at radius 3 is 1.96 bits per heavy atom. The zero-order valence-corrected chi connectivity index (χ0v) is 15.2. The monoisotopic (exact) mass is 340 g/mol. The van der Waals surface area contributed by atoms with Crippen molar-refractivity contribution in [3.05, 3.63) is 34.9 Å². The van der Waals surface area contributed by atoms with E-state index in [9.17, 15) is 9.59 Å². The van der Waals surface area contributed by atoms with Gasteiger partial charge in [0.05, 0.1) is 0 Å². The van der Waals surface area contributed by atoms with Crippen molar-refractivity contribution in [2.24, 2.45) is 23.2 Å². The molecule has 1 aromatic carbocycles. The van der Waals surface area contributed by atoms with Crippen molar-refractivity contribution in [3.63, 3.8) is 0 Å². The second-order valence-electron chi connectivity index (χ2n) is 8.97. The van der Waals surface area contributed by atoms with E-state index in [4.69, 9.17) is 0 Å². The summed E-state index contributed by atoms with van der Waals surface area (Å²) in [6, 6.07) is 5.71. The summed E-state index contributed by atoms with van der Waals surface area (Å²) in [5.74, 6) is 2.22. The van der Waals surface area contributed by atoms with Gasteiger partial charge in [-0.1, -0.05) is 17.2 Å². The first-order valence-corrected chi connectivity index (χ1v) is 9.58. The summed E-state index contributed by atoms with van der Waals surface area (Å²) in [5, 5.41) is 0. The fourth-order valence-electron chi connectivity index (χ4n) is 6.20. The maximum atomic E-state index is 12.5. The van der Waals surface area contributed by atoms with Crippen molar-refractivity contribution < 1.29 is 9.59 Å². The topological polar surface area (TPSA) is 58.2 Å². The van der Waals surface area contributed by atoms with Gasteiger partial charge >= 0.3 is 0 Å². The number of rotatable bonds is 3. The SMILES string of the molecule is Cc1cc(C)cc(C(=O)NNC(=O)CC23CC4CC(CC(C4)C2)C3)c1. The predicted octanol–water partition coefficient (Wildman–Crippen LogP) is 3.67. The highest BCUT2D eigenvalue weighted by Crippen LogP contribution is 2.61. The summed E-state index contributed by atoms with van der Waals surface area (Å²) in [5.41, 5.74) is 8.13. The molecule has 134 valence electrons. The van der Waals surface area contributed by atoms with Gasteiger partial charge in [0.2, 0.25) is 5.91 Å². The minimum Gasteiger partial charge on any atom is -0.273 e. The molecule has 4 heteroatoms. The molecule has 4 saturated carbocycles. The van der Waals surface area contributed by atoms with Crippen LogP contribution in [-0.2, 0) is 4.79 Å². The van der Waals surface area contributed by atoms with E-state index in [1.165, 1.54) is 38.5 Å². The molecule has 0 atom stereocenters. The third-order valence-corrected chi connectivity index (χ3v) is 6.50. The number of amides is 2. The summed E-state index contributed by atoms with van der Waals surface area (Å²) in [6.45, 7) is 3.94. The Hall–Kier alpha value is -1.84. The zero-order valence-electron chi connectivity index (χ0n) is 15.2. The number of benzene rings is 1. The number of hydrazine groups is 1. The first-order valence-electron chi connectivity index (χ1n) is 9.58. The number of nitrogens with one attached hydrogen (secondary N) is 2. The maximum Gasteiger partial charge on any atom is 0.269 e. The van der Waals surface area contributed by atoms with Crippen LogP contribution in [0.1, 0.15) is 66.4 Å². The molecule has 0 aliphatic heterocycles. The Morgan fingerprint density at radius 2 is 1.44 bits per heavy atom. The molecule has 4 aliphatic carbocycles. The minimum atomic E-state index is -0.245. The molecule has 4 aliphatic rings. The Balaban J connectivity index is 1.34. The molecule has 4 bridgehead atoms. The predicted molar refractivity (Wildman–Crippen MR) is 96.7 cm³/mol. The van der Waals surface area contributed by atoms with Crippen LogP contribution in [0.2, 0.25) is 0 Å². The Labute approximate surface area is 149 Å². The molecule has 0 aromatic heterocycles.